The molecule has 1 aliphatic carbocycles. The minimum absolute atomic E-state index is 0.159. The van der Waals surface area contributed by atoms with Gasteiger partial charge in [-0.3, -0.25) is 0 Å². The first kappa shape index (κ1) is 12.3. The van der Waals surface area contributed by atoms with Gasteiger partial charge in [-0.1, -0.05) is 24.3 Å². The maximum Gasteiger partial charge on any atom is 0.143 e. The normalized spacial score (nSPS) is 23.4. The molecular formula is C16H19NO2. The Bertz CT molecular complexity index is 574. The summed E-state index contributed by atoms with van der Waals surface area (Å²) in [5, 5.41) is 11.8. The molecule has 1 saturated carbocycles. The zero-order valence-electron chi connectivity index (χ0n) is 10.9. The third-order valence-corrected chi connectivity index (χ3v) is 3.82. The lowest BCUT2D eigenvalue weighted by Gasteiger charge is -2.26. The number of anilines is 1. The Hall–Kier alpha value is -1.74. The summed E-state index contributed by atoms with van der Waals surface area (Å²) in [7, 11) is 0. The maximum atomic E-state index is 9.51. The molecule has 100 valence electrons. The molecule has 1 aliphatic rings. The van der Waals surface area contributed by atoms with Gasteiger partial charge in [0.05, 0.1) is 17.9 Å². The molecule has 1 fully saturated rings. The van der Waals surface area contributed by atoms with Crippen LogP contribution in [0.2, 0.25) is 0 Å². The van der Waals surface area contributed by atoms with Gasteiger partial charge in [0.15, 0.2) is 0 Å². The standard InChI is InChI=1S/C16H19NO2/c17-15-9-11-3-1-2-4-12(11)10-16(15)19-14-7-5-13(18)6-8-14/h1-4,9-10,13-14,18H,5-8,17H2. The smallest absolute Gasteiger partial charge is 0.143 e. The molecule has 3 heteroatoms. The van der Waals surface area contributed by atoms with Gasteiger partial charge in [-0.2, -0.15) is 0 Å². The first-order chi connectivity index (χ1) is 9.22. The fourth-order valence-electron chi connectivity index (χ4n) is 2.68. The highest BCUT2D eigenvalue weighted by Gasteiger charge is 2.21. The van der Waals surface area contributed by atoms with Crippen molar-refractivity contribution in [2.24, 2.45) is 0 Å². The first-order valence-electron chi connectivity index (χ1n) is 6.85. The van der Waals surface area contributed by atoms with Gasteiger partial charge in [0.2, 0.25) is 0 Å². The van der Waals surface area contributed by atoms with Gasteiger partial charge in [-0.05, 0) is 48.6 Å². The van der Waals surface area contributed by atoms with Crippen LogP contribution in [0.1, 0.15) is 25.7 Å². The van der Waals surface area contributed by atoms with Crippen LogP contribution in [-0.4, -0.2) is 17.3 Å². The Kier molecular flexibility index (Phi) is 3.30. The summed E-state index contributed by atoms with van der Waals surface area (Å²) in [5.41, 5.74) is 6.74. The van der Waals surface area contributed by atoms with Crippen LogP contribution in [0.15, 0.2) is 36.4 Å². The van der Waals surface area contributed by atoms with E-state index in [4.69, 9.17) is 10.5 Å². The van der Waals surface area contributed by atoms with Crippen LogP contribution in [0.25, 0.3) is 10.8 Å². The van der Waals surface area contributed by atoms with Crippen molar-refractivity contribution in [2.75, 3.05) is 5.73 Å². The summed E-state index contributed by atoms with van der Waals surface area (Å²) in [6.07, 6.45) is 3.44. The van der Waals surface area contributed by atoms with Crippen LogP contribution in [0, 0.1) is 0 Å². The number of aliphatic hydroxyl groups is 1. The molecule has 0 unspecified atom stereocenters. The zero-order chi connectivity index (χ0) is 13.2. The van der Waals surface area contributed by atoms with Crippen molar-refractivity contribution in [1.29, 1.82) is 0 Å². The summed E-state index contributed by atoms with van der Waals surface area (Å²) in [6.45, 7) is 0. The Labute approximate surface area is 113 Å². The van der Waals surface area contributed by atoms with Crippen LogP contribution in [0.5, 0.6) is 5.75 Å². The van der Waals surface area contributed by atoms with Gasteiger partial charge < -0.3 is 15.6 Å². The molecule has 0 aromatic heterocycles. The molecule has 0 atom stereocenters. The lowest BCUT2D eigenvalue weighted by atomic mass is 9.95. The predicted molar refractivity (Wildman–Crippen MR) is 77.3 cm³/mol. The number of ether oxygens (including phenoxy) is 1. The average Bonchev–Trinajstić information content (AvgIpc) is 2.42. The number of rotatable bonds is 2. The Morgan fingerprint density at radius 3 is 2.32 bits per heavy atom. The summed E-state index contributed by atoms with van der Waals surface area (Å²) >= 11 is 0. The SMILES string of the molecule is Nc1cc2ccccc2cc1OC1CCC(O)CC1. The van der Waals surface area contributed by atoms with Crippen LogP contribution in [0.4, 0.5) is 5.69 Å². The molecule has 3 N–H and O–H groups in total. The second-order valence-electron chi connectivity index (χ2n) is 5.29. The van der Waals surface area contributed by atoms with Crippen molar-refractivity contribution in [3.8, 4) is 5.75 Å². The summed E-state index contributed by atoms with van der Waals surface area (Å²) in [6, 6.07) is 12.1. The molecule has 0 saturated heterocycles. The van der Waals surface area contributed by atoms with Crippen molar-refractivity contribution < 1.29 is 9.84 Å². The first-order valence-corrected chi connectivity index (χ1v) is 6.85. The average molecular weight is 257 g/mol. The number of benzene rings is 2. The summed E-state index contributed by atoms with van der Waals surface area (Å²) in [5.74, 6) is 0.764. The van der Waals surface area contributed by atoms with E-state index in [2.05, 4.69) is 6.07 Å². The maximum absolute atomic E-state index is 9.51. The van der Waals surface area contributed by atoms with E-state index in [0.29, 0.717) is 5.69 Å². The van der Waals surface area contributed by atoms with E-state index in [9.17, 15) is 5.11 Å². The Balaban J connectivity index is 1.82. The minimum Gasteiger partial charge on any atom is -0.488 e. The topological polar surface area (TPSA) is 55.5 Å². The molecule has 2 aromatic carbocycles. The van der Waals surface area contributed by atoms with E-state index in [1.807, 2.05) is 30.3 Å². The van der Waals surface area contributed by atoms with E-state index in [1.54, 1.807) is 0 Å². The van der Waals surface area contributed by atoms with Crippen LogP contribution in [0.3, 0.4) is 0 Å². The minimum atomic E-state index is -0.159. The van der Waals surface area contributed by atoms with Gasteiger partial charge in [0.1, 0.15) is 5.75 Å². The molecule has 0 radical (unpaired) electrons. The van der Waals surface area contributed by atoms with E-state index in [-0.39, 0.29) is 12.2 Å². The quantitative estimate of drug-likeness (QED) is 0.813. The highest BCUT2D eigenvalue weighted by Crippen LogP contribution is 2.31. The fourth-order valence-corrected chi connectivity index (χ4v) is 2.68. The molecule has 0 spiro atoms. The monoisotopic (exact) mass is 257 g/mol. The number of hydrogen-bond acceptors (Lipinski definition) is 3. The molecule has 0 heterocycles. The van der Waals surface area contributed by atoms with E-state index < -0.39 is 0 Å². The van der Waals surface area contributed by atoms with Crippen molar-refractivity contribution in [1.82, 2.24) is 0 Å². The number of fused-ring (bicyclic) bond motifs is 1. The highest BCUT2D eigenvalue weighted by molar-refractivity contribution is 5.88. The van der Waals surface area contributed by atoms with Gasteiger partial charge in [-0.15, -0.1) is 0 Å². The van der Waals surface area contributed by atoms with Gasteiger partial charge in [0, 0.05) is 0 Å². The summed E-state index contributed by atoms with van der Waals surface area (Å²) in [4.78, 5) is 0. The molecule has 19 heavy (non-hydrogen) atoms. The van der Waals surface area contributed by atoms with Crippen LogP contribution in [-0.2, 0) is 0 Å². The molecular weight excluding hydrogens is 238 g/mol. The number of hydrogen-bond donors (Lipinski definition) is 2. The Morgan fingerprint density at radius 1 is 1.00 bits per heavy atom. The third kappa shape index (κ3) is 2.66. The zero-order valence-corrected chi connectivity index (χ0v) is 10.9. The number of nitrogen functional groups attached to an aromatic ring is 1. The molecule has 3 rings (SSSR count). The molecule has 3 nitrogen and oxygen atoms in total. The molecule has 0 bridgehead atoms. The van der Waals surface area contributed by atoms with Crippen molar-refractivity contribution in [2.45, 2.75) is 37.9 Å². The van der Waals surface area contributed by atoms with Gasteiger partial charge >= 0.3 is 0 Å². The third-order valence-electron chi connectivity index (χ3n) is 3.82. The lowest BCUT2D eigenvalue weighted by molar-refractivity contribution is 0.0670. The molecule has 0 amide bonds. The fraction of sp³-hybridized carbons (Fsp3) is 0.375. The van der Waals surface area contributed by atoms with Crippen molar-refractivity contribution >= 4 is 16.5 Å². The van der Waals surface area contributed by atoms with Gasteiger partial charge in [-0.25, -0.2) is 0 Å². The van der Waals surface area contributed by atoms with Crippen LogP contribution < -0.4 is 10.5 Å². The van der Waals surface area contributed by atoms with Gasteiger partial charge in [0.25, 0.3) is 0 Å². The Morgan fingerprint density at radius 2 is 1.63 bits per heavy atom. The van der Waals surface area contributed by atoms with E-state index >= 15 is 0 Å². The number of nitrogens with two attached hydrogens (primary N) is 1. The van der Waals surface area contributed by atoms with Crippen LogP contribution >= 0.6 is 0 Å². The summed E-state index contributed by atoms with van der Waals surface area (Å²) < 4.78 is 6.01. The second-order valence-corrected chi connectivity index (χ2v) is 5.29. The lowest BCUT2D eigenvalue weighted by Crippen LogP contribution is -2.26. The highest BCUT2D eigenvalue weighted by atomic mass is 16.5. The predicted octanol–water partition coefficient (Wildman–Crippen LogP) is 3.10. The molecule has 0 aliphatic heterocycles. The second kappa shape index (κ2) is 5.10. The molecule has 2 aromatic rings. The largest absolute Gasteiger partial charge is 0.488 e. The van der Waals surface area contributed by atoms with Crippen molar-refractivity contribution in [3.05, 3.63) is 36.4 Å². The van der Waals surface area contributed by atoms with E-state index in [0.717, 1.165) is 42.2 Å². The van der Waals surface area contributed by atoms with Crippen molar-refractivity contribution in [3.63, 3.8) is 0 Å². The number of aliphatic hydroxyl groups excluding tert-OH is 1. The van der Waals surface area contributed by atoms with E-state index in [1.165, 1.54) is 0 Å².